The van der Waals surface area contributed by atoms with Gasteiger partial charge in [0.15, 0.2) is 9.84 Å². The minimum absolute atomic E-state index is 0.240. The van der Waals surface area contributed by atoms with E-state index < -0.39 is 9.84 Å². The van der Waals surface area contributed by atoms with Crippen molar-refractivity contribution in [3.8, 4) is 0 Å². The monoisotopic (exact) mass is 252 g/mol. The number of aryl methyl sites for hydroxylation is 1. The quantitative estimate of drug-likeness (QED) is 0.792. The predicted octanol–water partition coefficient (Wildman–Crippen LogP) is 1.07. The smallest absolute Gasteiger partial charge is 0.179 e. The molecule has 12 heavy (non-hydrogen) atoms. The predicted molar refractivity (Wildman–Crippen MR) is 48.7 cm³/mol. The van der Waals surface area contributed by atoms with E-state index in [1.807, 2.05) is 6.92 Å². The first-order chi connectivity index (χ1) is 5.46. The Hall–Kier alpha value is -0.360. The molecule has 0 aliphatic heterocycles. The van der Waals surface area contributed by atoms with E-state index in [1.54, 1.807) is 4.68 Å². The molecule has 0 aliphatic carbocycles. The number of rotatable bonds is 2. The molecular formula is C6H9BrN2O2S. The molecule has 0 amide bonds. The average Bonchev–Trinajstić information content (AvgIpc) is 2.29. The maximum atomic E-state index is 11.1. The molecule has 1 aromatic rings. The fourth-order valence-electron chi connectivity index (χ4n) is 0.822. The summed E-state index contributed by atoms with van der Waals surface area (Å²) in [5.41, 5.74) is 0. The first-order valence-corrected chi connectivity index (χ1v) is 6.06. The lowest BCUT2D eigenvalue weighted by molar-refractivity contribution is 0.599. The summed E-state index contributed by atoms with van der Waals surface area (Å²) < 4.78 is 24.3. The first kappa shape index (κ1) is 9.73. The topological polar surface area (TPSA) is 52.0 Å². The van der Waals surface area contributed by atoms with Crippen molar-refractivity contribution < 1.29 is 8.42 Å². The summed E-state index contributed by atoms with van der Waals surface area (Å²) in [5.74, 6) is 0. The first-order valence-electron chi connectivity index (χ1n) is 3.38. The fourth-order valence-corrected chi connectivity index (χ4v) is 2.80. The molecule has 0 saturated heterocycles. The summed E-state index contributed by atoms with van der Waals surface area (Å²) in [7, 11) is -3.15. The Balaban J connectivity index is 3.30. The van der Waals surface area contributed by atoms with E-state index in [9.17, 15) is 8.42 Å². The normalized spacial score (nSPS) is 11.9. The molecule has 0 saturated carbocycles. The van der Waals surface area contributed by atoms with E-state index in [0.29, 0.717) is 11.1 Å². The number of sulfone groups is 1. The van der Waals surface area contributed by atoms with E-state index in [1.165, 1.54) is 6.20 Å². The van der Waals surface area contributed by atoms with Crippen molar-refractivity contribution in [3.05, 3.63) is 10.8 Å². The maximum Gasteiger partial charge on any atom is 0.179 e. The molecule has 4 nitrogen and oxygen atoms in total. The van der Waals surface area contributed by atoms with Crippen LogP contribution < -0.4 is 0 Å². The Labute approximate surface area is 79.6 Å². The molecule has 1 aromatic heterocycles. The highest BCUT2D eigenvalue weighted by Gasteiger charge is 2.15. The van der Waals surface area contributed by atoms with E-state index in [2.05, 4.69) is 21.0 Å². The Morgan fingerprint density at radius 2 is 2.25 bits per heavy atom. The van der Waals surface area contributed by atoms with Crippen LogP contribution in [0.25, 0.3) is 0 Å². The second-order valence-corrected chi connectivity index (χ2v) is 5.12. The number of hydrogen-bond acceptors (Lipinski definition) is 3. The molecule has 0 aliphatic rings. The Kier molecular flexibility index (Phi) is 2.58. The van der Waals surface area contributed by atoms with Gasteiger partial charge in [0, 0.05) is 12.8 Å². The molecule has 0 aromatic carbocycles. The van der Waals surface area contributed by atoms with Crippen LogP contribution in [0.1, 0.15) is 6.92 Å². The lowest BCUT2D eigenvalue weighted by Crippen LogP contribution is -1.99. The largest absolute Gasteiger partial charge is 0.257 e. The highest BCUT2D eigenvalue weighted by Crippen LogP contribution is 2.20. The second-order valence-electron chi connectivity index (χ2n) is 2.39. The molecule has 0 atom stereocenters. The zero-order valence-electron chi connectivity index (χ0n) is 6.78. The Bertz CT molecular complexity index is 382. The highest BCUT2D eigenvalue weighted by atomic mass is 79.9. The molecular weight excluding hydrogens is 244 g/mol. The van der Waals surface area contributed by atoms with Gasteiger partial charge in [-0.1, -0.05) is 0 Å². The number of hydrogen-bond donors (Lipinski definition) is 0. The summed E-state index contributed by atoms with van der Waals surface area (Å²) in [6.07, 6.45) is 2.51. The van der Waals surface area contributed by atoms with Gasteiger partial charge in [-0.3, -0.25) is 4.68 Å². The SMILES string of the molecule is CCn1ncc(S(C)(=O)=O)c1Br. The van der Waals surface area contributed by atoms with E-state index in [4.69, 9.17) is 0 Å². The van der Waals surface area contributed by atoms with Gasteiger partial charge in [0.25, 0.3) is 0 Å². The minimum Gasteiger partial charge on any atom is -0.257 e. The molecule has 0 fully saturated rings. The van der Waals surface area contributed by atoms with Crippen molar-refractivity contribution in [2.24, 2.45) is 0 Å². The van der Waals surface area contributed by atoms with Crippen LogP contribution in [0.3, 0.4) is 0 Å². The average molecular weight is 253 g/mol. The van der Waals surface area contributed by atoms with Crippen LogP contribution >= 0.6 is 15.9 Å². The molecule has 68 valence electrons. The Morgan fingerprint density at radius 3 is 2.50 bits per heavy atom. The van der Waals surface area contributed by atoms with E-state index >= 15 is 0 Å². The summed E-state index contributed by atoms with van der Waals surface area (Å²) in [4.78, 5) is 0.240. The van der Waals surface area contributed by atoms with Gasteiger partial charge in [-0.2, -0.15) is 5.10 Å². The van der Waals surface area contributed by atoms with Crippen molar-refractivity contribution in [1.29, 1.82) is 0 Å². The summed E-state index contributed by atoms with van der Waals surface area (Å²) >= 11 is 3.17. The zero-order valence-corrected chi connectivity index (χ0v) is 9.18. The number of aromatic nitrogens is 2. The molecule has 0 spiro atoms. The molecule has 1 heterocycles. The zero-order chi connectivity index (χ0) is 9.35. The lowest BCUT2D eigenvalue weighted by atomic mass is 10.7. The third kappa shape index (κ3) is 1.69. The van der Waals surface area contributed by atoms with Gasteiger partial charge >= 0.3 is 0 Å². The van der Waals surface area contributed by atoms with Gasteiger partial charge in [-0.15, -0.1) is 0 Å². The van der Waals surface area contributed by atoms with Crippen LogP contribution in [-0.2, 0) is 16.4 Å². The third-order valence-corrected chi connectivity index (χ3v) is 3.64. The second kappa shape index (κ2) is 3.18. The maximum absolute atomic E-state index is 11.1. The van der Waals surface area contributed by atoms with Gasteiger partial charge in [0.05, 0.1) is 6.20 Å². The summed E-state index contributed by atoms with van der Waals surface area (Å²) in [6.45, 7) is 2.54. The lowest BCUT2D eigenvalue weighted by Gasteiger charge is -1.97. The van der Waals surface area contributed by atoms with Crippen LogP contribution in [0.2, 0.25) is 0 Å². The van der Waals surface area contributed by atoms with Gasteiger partial charge < -0.3 is 0 Å². The van der Waals surface area contributed by atoms with Crippen molar-refractivity contribution >= 4 is 25.8 Å². The molecule has 6 heteroatoms. The van der Waals surface area contributed by atoms with Crippen molar-refractivity contribution in [2.75, 3.05) is 6.26 Å². The third-order valence-electron chi connectivity index (χ3n) is 1.44. The van der Waals surface area contributed by atoms with Gasteiger partial charge in [-0.05, 0) is 22.9 Å². The standard InChI is InChI=1S/C6H9BrN2O2S/c1-3-9-6(7)5(4-8-9)12(2,10)11/h4H,3H2,1-2H3. The van der Waals surface area contributed by atoms with Crippen molar-refractivity contribution in [2.45, 2.75) is 18.4 Å². The van der Waals surface area contributed by atoms with E-state index in [0.717, 1.165) is 6.26 Å². The molecule has 0 radical (unpaired) electrons. The van der Waals surface area contributed by atoms with Gasteiger partial charge in [-0.25, -0.2) is 8.42 Å². The van der Waals surface area contributed by atoms with Crippen LogP contribution in [0.5, 0.6) is 0 Å². The van der Waals surface area contributed by atoms with Crippen LogP contribution in [0, 0.1) is 0 Å². The minimum atomic E-state index is -3.15. The van der Waals surface area contributed by atoms with Crippen LogP contribution in [0.15, 0.2) is 15.7 Å². The number of halogens is 1. The van der Waals surface area contributed by atoms with Crippen LogP contribution in [-0.4, -0.2) is 24.5 Å². The molecule has 0 bridgehead atoms. The van der Waals surface area contributed by atoms with Crippen molar-refractivity contribution in [3.63, 3.8) is 0 Å². The summed E-state index contributed by atoms with van der Waals surface area (Å²) in [6, 6.07) is 0. The van der Waals surface area contributed by atoms with Gasteiger partial charge in [0.2, 0.25) is 0 Å². The highest BCUT2D eigenvalue weighted by molar-refractivity contribution is 9.10. The number of nitrogens with zero attached hydrogens (tertiary/aromatic N) is 2. The van der Waals surface area contributed by atoms with Gasteiger partial charge in [0.1, 0.15) is 9.50 Å². The fraction of sp³-hybridized carbons (Fsp3) is 0.500. The molecule has 0 unspecified atom stereocenters. The van der Waals surface area contributed by atoms with E-state index in [-0.39, 0.29) is 4.90 Å². The summed E-state index contributed by atoms with van der Waals surface area (Å²) in [5, 5.41) is 3.89. The molecule has 0 N–H and O–H groups in total. The Morgan fingerprint density at radius 1 is 1.67 bits per heavy atom. The van der Waals surface area contributed by atoms with Crippen LogP contribution in [0.4, 0.5) is 0 Å². The molecule has 1 rings (SSSR count). The van der Waals surface area contributed by atoms with Crippen molar-refractivity contribution in [1.82, 2.24) is 9.78 Å².